The molecule has 0 radical (unpaired) electrons. The zero-order chi connectivity index (χ0) is 13.2. The molecule has 1 aromatic heterocycles. The first kappa shape index (κ1) is 12.4. The van der Waals surface area contributed by atoms with Crippen molar-refractivity contribution in [3.8, 4) is 0 Å². The summed E-state index contributed by atoms with van der Waals surface area (Å²) in [4.78, 5) is 30.7. The Labute approximate surface area is 103 Å². The molecule has 0 saturated carbocycles. The van der Waals surface area contributed by atoms with Gasteiger partial charge in [0.1, 0.15) is 11.1 Å². The fourth-order valence-corrected chi connectivity index (χ4v) is 1.73. The van der Waals surface area contributed by atoms with E-state index in [0.29, 0.717) is 0 Å². The summed E-state index contributed by atoms with van der Waals surface area (Å²) in [6.07, 6.45) is 4.18. The lowest BCUT2D eigenvalue weighted by molar-refractivity contribution is -0.148. The topological polar surface area (TPSA) is 101 Å². The number of amides is 1. The Hall–Kier alpha value is -2.02. The van der Waals surface area contributed by atoms with Gasteiger partial charge in [0.25, 0.3) is 5.91 Å². The van der Waals surface area contributed by atoms with Crippen LogP contribution in [0.15, 0.2) is 18.6 Å². The second-order valence-electron chi connectivity index (χ2n) is 4.35. The molecule has 18 heavy (non-hydrogen) atoms. The van der Waals surface area contributed by atoms with Gasteiger partial charge in [0, 0.05) is 12.4 Å². The summed E-state index contributed by atoms with van der Waals surface area (Å²) in [7, 11) is 0. The van der Waals surface area contributed by atoms with Gasteiger partial charge in [0.2, 0.25) is 0 Å². The van der Waals surface area contributed by atoms with E-state index in [9.17, 15) is 9.59 Å². The van der Waals surface area contributed by atoms with E-state index in [0.717, 1.165) is 0 Å². The van der Waals surface area contributed by atoms with Gasteiger partial charge in [-0.15, -0.1) is 0 Å². The van der Waals surface area contributed by atoms with Crippen molar-refractivity contribution >= 4 is 11.9 Å². The standard InChI is InChI=1S/C11H13N3O4/c1-11(10(16)17)6-18-5-8(11)14-9(15)7-4-12-2-3-13-7/h2-4,8H,5-6H2,1H3,(H,14,15)(H,16,17). The predicted molar refractivity (Wildman–Crippen MR) is 59.8 cm³/mol. The quantitative estimate of drug-likeness (QED) is 0.764. The maximum atomic E-state index is 11.8. The number of carbonyl (C=O) groups is 2. The van der Waals surface area contributed by atoms with E-state index in [4.69, 9.17) is 9.84 Å². The summed E-state index contributed by atoms with van der Waals surface area (Å²) >= 11 is 0. The highest BCUT2D eigenvalue weighted by atomic mass is 16.5. The van der Waals surface area contributed by atoms with E-state index in [1.54, 1.807) is 6.92 Å². The minimum Gasteiger partial charge on any atom is -0.481 e. The monoisotopic (exact) mass is 251 g/mol. The minimum atomic E-state index is -1.11. The van der Waals surface area contributed by atoms with Crippen molar-refractivity contribution in [2.45, 2.75) is 13.0 Å². The fraction of sp³-hybridized carbons (Fsp3) is 0.455. The molecule has 2 rings (SSSR count). The number of aliphatic carboxylic acids is 1. The van der Waals surface area contributed by atoms with Gasteiger partial charge in [-0.3, -0.25) is 14.6 Å². The summed E-state index contributed by atoms with van der Waals surface area (Å²) < 4.78 is 5.14. The highest BCUT2D eigenvalue weighted by Crippen LogP contribution is 2.28. The first-order valence-electron chi connectivity index (χ1n) is 5.42. The van der Waals surface area contributed by atoms with Gasteiger partial charge >= 0.3 is 5.97 Å². The van der Waals surface area contributed by atoms with Crippen molar-refractivity contribution in [1.29, 1.82) is 0 Å². The molecule has 7 nitrogen and oxygen atoms in total. The SMILES string of the molecule is CC1(C(=O)O)COCC1NC(=O)c1cnccn1. The van der Waals surface area contributed by atoms with Gasteiger partial charge in [-0.05, 0) is 6.92 Å². The number of carboxylic acid groups (broad SMARTS) is 1. The number of carbonyl (C=O) groups excluding carboxylic acids is 1. The Kier molecular flexibility index (Phi) is 3.24. The van der Waals surface area contributed by atoms with Crippen molar-refractivity contribution in [3.63, 3.8) is 0 Å². The Balaban J connectivity index is 2.10. The number of aromatic nitrogens is 2. The van der Waals surface area contributed by atoms with Gasteiger partial charge in [-0.2, -0.15) is 0 Å². The lowest BCUT2D eigenvalue weighted by Gasteiger charge is -2.25. The van der Waals surface area contributed by atoms with Gasteiger partial charge < -0.3 is 15.2 Å². The van der Waals surface area contributed by atoms with Gasteiger partial charge in [-0.25, -0.2) is 4.98 Å². The van der Waals surface area contributed by atoms with E-state index in [1.165, 1.54) is 18.6 Å². The highest BCUT2D eigenvalue weighted by molar-refractivity contribution is 5.92. The molecule has 7 heteroatoms. The zero-order valence-electron chi connectivity index (χ0n) is 9.79. The van der Waals surface area contributed by atoms with Crippen molar-refractivity contribution in [3.05, 3.63) is 24.3 Å². The third-order valence-corrected chi connectivity index (χ3v) is 3.05. The predicted octanol–water partition coefficient (Wildman–Crippen LogP) is -0.304. The molecule has 96 valence electrons. The Morgan fingerprint density at radius 1 is 1.56 bits per heavy atom. The highest BCUT2D eigenvalue weighted by Gasteiger charge is 2.47. The van der Waals surface area contributed by atoms with E-state index in [2.05, 4.69) is 15.3 Å². The van der Waals surface area contributed by atoms with Crippen LogP contribution in [0.3, 0.4) is 0 Å². The molecule has 1 aliphatic heterocycles. The molecule has 2 unspecified atom stereocenters. The van der Waals surface area contributed by atoms with Gasteiger partial charge in [0.15, 0.2) is 0 Å². The molecule has 2 heterocycles. The molecule has 0 aromatic carbocycles. The van der Waals surface area contributed by atoms with E-state index >= 15 is 0 Å². The molecular formula is C11H13N3O4. The van der Waals surface area contributed by atoms with E-state index in [1.807, 2.05) is 0 Å². The summed E-state index contributed by atoms with van der Waals surface area (Å²) in [5, 5.41) is 11.8. The number of nitrogens with zero attached hydrogens (tertiary/aromatic N) is 2. The summed E-state index contributed by atoms with van der Waals surface area (Å²) in [5.41, 5.74) is -0.963. The average Bonchev–Trinajstić information content (AvgIpc) is 2.73. The fourth-order valence-electron chi connectivity index (χ4n) is 1.73. The van der Waals surface area contributed by atoms with Crippen molar-refractivity contribution in [1.82, 2.24) is 15.3 Å². The van der Waals surface area contributed by atoms with Crippen LogP contribution in [0, 0.1) is 5.41 Å². The molecule has 1 fully saturated rings. The first-order chi connectivity index (χ1) is 8.54. The maximum absolute atomic E-state index is 11.8. The third kappa shape index (κ3) is 2.17. The number of rotatable bonds is 3. The molecule has 0 spiro atoms. The van der Waals surface area contributed by atoms with Crippen LogP contribution in [-0.2, 0) is 9.53 Å². The maximum Gasteiger partial charge on any atom is 0.313 e. The average molecular weight is 251 g/mol. The summed E-state index contributed by atoms with van der Waals surface area (Å²) in [6.45, 7) is 1.80. The van der Waals surface area contributed by atoms with E-state index in [-0.39, 0.29) is 18.9 Å². The normalized spacial score (nSPS) is 26.8. The van der Waals surface area contributed by atoms with Crippen LogP contribution < -0.4 is 5.32 Å². The smallest absolute Gasteiger partial charge is 0.313 e. The van der Waals surface area contributed by atoms with Crippen LogP contribution >= 0.6 is 0 Å². The van der Waals surface area contributed by atoms with Crippen LogP contribution in [0.5, 0.6) is 0 Å². The number of carboxylic acids is 1. The Morgan fingerprint density at radius 3 is 2.94 bits per heavy atom. The van der Waals surface area contributed by atoms with Crippen LogP contribution in [0.25, 0.3) is 0 Å². The zero-order valence-corrected chi connectivity index (χ0v) is 9.79. The lowest BCUT2D eigenvalue weighted by Crippen LogP contribution is -2.49. The number of hydrogen-bond acceptors (Lipinski definition) is 5. The molecule has 0 aliphatic carbocycles. The minimum absolute atomic E-state index is 0.0771. The number of nitrogens with one attached hydrogen (secondary N) is 1. The lowest BCUT2D eigenvalue weighted by atomic mass is 9.85. The molecule has 1 aliphatic rings. The second-order valence-corrected chi connectivity index (χ2v) is 4.35. The first-order valence-corrected chi connectivity index (χ1v) is 5.42. The van der Waals surface area contributed by atoms with Crippen molar-refractivity contribution in [2.75, 3.05) is 13.2 Å². The largest absolute Gasteiger partial charge is 0.481 e. The Morgan fingerprint density at radius 2 is 2.33 bits per heavy atom. The number of ether oxygens (including phenoxy) is 1. The Bertz CT molecular complexity index is 465. The van der Waals surface area contributed by atoms with E-state index < -0.39 is 23.3 Å². The molecule has 1 aromatic rings. The van der Waals surface area contributed by atoms with Crippen LogP contribution in [0.1, 0.15) is 17.4 Å². The second kappa shape index (κ2) is 4.69. The third-order valence-electron chi connectivity index (χ3n) is 3.05. The van der Waals surface area contributed by atoms with Gasteiger partial charge in [0.05, 0.1) is 25.5 Å². The van der Waals surface area contributed by atoms with Crippen molar-refractivity contribution < 1.29 is 19.4 Å². The van der Waals surface area contributed by atoms with Gasteiger partial charge in [-0.1, -0.05) is 0 Å². The molecule has 2 atom stereocenters. The molecule has 1 amide bonds. The summed E-state index contributed by atoms with van der Waals surface area (Å²) in [6, 6.07) is -0.579. The van der Waals surface area contributed by atoms with Crippen LogP contribution in [0.2, 0.25) is 0 Å². The number of hydrogen-bond donors (Lipinski definition) is 2. The van der Waals surface area contributed by atoms with Crippen molar-refractivity contribution in [2.24, 2.45) is 5.41 Å². The van der Waals surface area contributed by atoms with Crippen LogP contribution in [-0.4, -0.2) is 46.2 Å². The molecule has 2 N–H and O–H groups in total. The molecule has 1 saturated heterocycles. The van der Waals surface area contributed by atoms with Crippen LogP contribution in [0.4, 0.5) is 0 Å². The molecule has 0 bridgehead atoms. The molecular weight excluding hydrogens is 238 g/mol. The summed E-state index contributed by atoms with van der Waals surface area (Å²) in [5.74, 6) is -1.45.